The van der Waals surface area contributed by atoms with Crippen molar-refractivity contribution in [3.8, 4) is 5.75 Å². The zero-order valence-corrected chi connectivity index (χ0v) is 16.6. The van der Waals surface area contributed by atoms with E-state index in [0.717, 1.165) is 30.4 Å². The van der Waals surface area contributed by atoms with Crippen LogP contribution in [0.4, 0.5) is 4.79 Å². The van der Waals surface area contributed by atoms with Gasteiger partial charge in [0.25, 0.3) is 0 Å². The van der Waals surface area contributed by atoms with Gasteiger partial charge in [-0.3, -0.25) is 0 Å². The van der Waals surface area contributed by atoms with Crippen LogP contribution in [0.2, 0.25) is 0 Å². The third-order valence-corrected chi connectivity index (χ3v) is 4.14. The molecule has 0 atom stereocenters. The van der Waals surface area contributed by atoms with Gasteiger partial charge in [-0.2, -0.15) is 5.10 Å². The van der Waals surface area contributed by atoms with Gasteiger partial charge in [0.2, 0.25) is 0 Å². The highest BCUT2D eigenvalue weighted by Crippen LogP contribution is 2.22. The van der Waals surface area contributed by atoms with Crippen LogP contribution in [0.3, 0.4) is 0 Å². The van der Waals surface area contributed by atoms with Crippen LogP contribution in [0.1, 0.15) is 46.5 Å². The third kappa shape index (κ3) is 6.23. The molecule has 3 rings (SSSR count). The summed E-state index contributed by atoms with van der Waals surface area (Å²) in [6.45, 7) is 7.43. The van der Waals surface area contributed by atoms with E-state index in [1.165, 1.54) is 12.8 Å². The Balaban J connectivity index is 0.000000185. The lowest BCUT2D eigenvalue weighted by atomic mass is 10.2. The van der Waals surface area contributed by atoms with Crippen molar-refractivity contribution in [2.75, 3.05) is 13.1 Å². The molecule has 1 fully saturated rings. The number of carbonyl (C=O) groups is 1. The van der Waals surface area contributed by atoms with E-state index in [-0.39, 0.29) is 17.4 Å². The van der Waals surface area contributed by atoms with Gasteiger partial charge in [-0.25, -0.2) is 9.31 Å². The summed E-state index contributed by atoms with van der Waals surface area (Å²) in [6.07, 6.45) is 7.97. The SMILES string of the molecule is CC(C)(C)OC(=O)N1CCCCCC1.Oc1cc(Br)cn2nccc12. The predicted octanol–water partition coefficient (Wildman–Crippen LogP) is 4.60. The number of fused-ring (bicyclic) bond motifs is 1. The van der Waals surface area contributed by atoms with Gasteiger partial charge in [-0.05, 0) is 61.7 Å². The summed E-state index contributed by atoms with van der Waals surface area (Å²) < 4.78 is 7.74. The van der Waals surface area contributed by atoms with Crippen molar-refractivity contribution in [3.05, 3.63) is 29.0 Å². The van der Waals surface area contributed by atoms with E-state index in [1.54, 1.807) is 29.0 Å². The number of pyridine rings is 1. The number of carbonyl (C=O) groups excluding carboxylic acids is 1. The van der Waals surface area contributed by atoms with Gasteiger partial charge in [0, 0.05) is 23.8 Å². The second kappa shape index (κ2) is 8.56. The Bertz CT molecular complexity index is 701. The zero-order valence-electron chi connectivity index (χ0n) is 15.0. The van der Waals surface area contributed by atoms with Gasteiger partial charge in [-0.1, -0.05) is 12.8 Å². The maximum Gasteiger partial charge on any atom is 0.410 e. The molecule has 3 heterocycles. The van der Waals surface area contributed by atoms with Gasteiger partial charge >= 0.3 is 6.09 Å². The molecule has 1 aliphatic heterocycles. The van der Waals surface area contributed by atoms with Crippen LogP contribution in [0.15, 0.2) is 29.0 Å². The molecule has 0 aromatic carbocycles. The molecular weight excluding hydrogens is 386 g/mol. The van der Waals surface area contributed by atoms with Crippen molar-refractivity contribution in [1.29, 1.82) is 0 Å². The van der Waals surface area contributed by atoms with Gasteiger partial charge in [0.15, 0.2) is 0 Å². The Kier molecular flexibility index (Phi) is 6.70. The maximum atomic E-state index is 11.7. The fourth-order valence-corrected chi connectivity index (χ4v) is 2.97. The van der Waals surface area contributed by atoms with E-state index in [9.17, 15) is 9.90 Å². The summed E-state index contributed by atoms with van der Waals surface area (Å²) in [6, 6.07) is 3.39. The summed E-state index contributed by atoms with van der Waals surface area (Å²) >= 11 is 3.25. The van der Waals surface area contributed by atoms with Crippen LogP contribution >= 0.6 is 15.9 Å². The Hall–Kier alpha value is -1.76. The first-order valence-corrected chi connectivity index (χ1v) is 9.35. The molecule has 0 saturated carbocycles. The van der Waals surface area contributed by atoms with Crippen LogP contribution in [0.25, 0.3) is 5.52 Å². The largest absolute Gasteiger partial charge is 0.506 e. The minimum Gasteiger partial charge on any atom is -0.506 e. The fraction of sp³-hybridized carbons (Fsp3) is 0.556. The second-order valence-electron chi connectivity index (χ2n) is 7.09. The maximum absolute atomic E-state index is 11.7. The zero-order chi connectivity index (χ0) is 18.4. The lowest BCUT2D eigenvalue weighted by molar-refractivity contribution is 0.0257. The molecular formula is C18H26BrN3O3. The molecule has 0 radical (unpaired) electrons. The summed E-state index contributed by atoms with van der Waals surface area (Å²) in [5.74, 6) is 0.233. The molecule has 7 heteroatoms. The number of ether oxygens (including phenoxy) is 1. The molecule has 2 aromatic heterocycles. The first kappa shape index (κ1) is 19.6. The molecule has 1 saturated heterocycles. The molecule has 0 aliphatic carbocycles. The number of aromatic nitrogens is 2. The standard InChI is InChI=1S/C11H21NO2.C7H5BrN2O/c1-11(2,3)14-10(13)12-8-6-4-5-7-9-12;8-5-3-7(11)6-1-2-9-10(6)4-5/h4-9H2,1-3H3;1-4,11H. The lowest BCUT2D eigenvalue weighted by Crippen LogP contribution is -2.37. The number of rotatable bonds is 0. The summed E-state index contributed by atoms with van der Waals surface area (Å²) in [7, 11) is 0. The molecule has 6 nitrogen and oxygen atoms in total. The number of nitrogens with zero attached hydrogens (tertiary/aromatic N) is 3. The normalized spacial score (nSPS) is 15.3. The van der Waals surface area contributed by atoms with Gasteiger partial charge < -0.3 is 14.7 Å². The van der Waals surface area contributed by atoms with Crippen molar-refractivity contribution in [2.24, 2.45) is 0 Å². The first-order chi connectivity index (χ1) is 11.8. The summed E-state index contributed by atoms with van der Waals surface area (Å²) in [5.41, 5.74) is 0.344. The van der Waals surface area contributed by atoms with E-state index in [0.29, 0.717) is 5.52 Å². The summed E-state index contributed by atoms with van der Waals surface area (Å²) in [5, 5.41) is 13.3. The van der Waals surface area contributed by atoms with E-state index >= 15 is 0 Å². The molecule has 1 amide bonds. The number of aromatic hydroxyl groups is 1. The van der Waals surface area contributed by atoms with Crippen LogP contribution in [0, 0.1) is 0 Å². The Morgan fingerprint density at radius 3 is 2.48 bits per heavy atom. The minimum absolute atomic E-state index is 0.153. The molecule has 1 aliphatic rings. The molecule has 138 valence electrons. The Labute approximate surface area is 156 Å². The van der Waals surface area contributed by atoms with E-state index in [4.69, 9.17) is 4.74 Å². The van der Waals surface area contributed by atoms with E-state index in [2.05, 4.69) is 21.0 Å². The van der Waals surface area contributed by atoms with Crippen LogP contribution < -0.4 is 0 Å². The van der Waals surface area contributed by atoms with Gasteiger partial charge in [0.1, 0.15) is 16.9 Å². The number of amides is 1. The van der Waals surface area contributed by atoms with Crippen LogP contribution in [0.5, 0.6) is 5.75 Å². The average Bonchev–Trinajstić information content (AvgIpc) is 2.80. The highest BCUT2D eigenvalue weighted by molar-refractivity contribution is 9.10. The topological polar surface area (TPSA) is 67.1 Å². The highest BCUT2D eigenvalue weighted by Gasteiger charge is 2.22. The fourth-order valence-electron chi connectivity index (χ4n) is 2.56. The van der Waals surface area contributed by atoms with Gasteiger partial charge in [-0.15, -0.1) is 0 Å². The van der Waals surface area contributed by atoms with Crippen LogP contribution in [-0.4, -0.2) is 44.4 Å². The van der Waals surface area contributed by atoms with Crippen molar-refractivity contribution in [3.63, 3.8) is 0 Å². The molecule has 0 bridgehead atoms. The van der Waals surface area contributed by atoms with Crippen molar-refractivity contribution in [2.45, 2.75) is 52.1 Å². The van der Waals surface area contributed by atoms with E-state index < -0.39 is 0 Å². The molecule has 2 aromatic rings. The monoisotopic (exact) mass is 411 g/mol. The quantitative estimate of drug-likeness (QED) is 0.687. The highest BCUT2D eigenvalue weighted by atomic mass is 79.9. The molecule has 0 unspecified atom stereocenters. The number of hydrogen-bond acceptors (Lipinski definition) is 4. The number of halogens is 1. The molecule has 0 spiro atoms. The van der Waals surface area contributed by atoms with Crippen molar-refractivity contribution in [1.82, 2.24) is 14.5 Å². The van der Waals surface area contributed by atoms with Crippen molar-refractivity contribution < 1.29 is 14.6 Å². The average molecular weight is 412 g/mol. The van der Waals surface area contributed by atoms with Crippen molar-refractivity contribution >= 4 is 27.5 Å². The second-order valence-corrected chi connectivity index (χ2v) is 8.00. The number of likely N-dealkylation sites (tertiary alicyclic amines) is 1. The number of hydrogen-bond donors (Lipinski definition) is 1. The predicted molar refractivity (Wildman–Crippen MR) is 101 cm³/mol. The molecule has 1 N–H and O–H groups in total. The Morgan fingerprint density at radius 2 is 1.88 bits per heavy atom. The first-order valence-electron chi connectivity index (χ1n) is 8.56. The summed E-state index contributed by atoms with van der Waals surface area (Å²) in [4.78, 5) is 13.5. The van der Waals surface area contributed by atoms with Gasteiger partial charge in [0.05, 0.1) is 6.20 Å². The third-order valence-electron chi connectivity index (χ3n) is 3.71. The molecule has 25 heavy (non-hydrogen) atoms. The smallest absolute Gasteiger partial charge is 0.410 e. The lowest BCUT2D eigenvalue weighted by Gasteiger charge is -2.26. The Morgan fingerprint density at radius 1 is 1.24 bits per heavy atom. The minimum atomic E-state index is -0.372. The van der Waals surface area contributed by atoms with E-state index in [1.807, 2.05) is 25.7 Å². The van der Waals surface area contributed by atoms with Crippen LogP contribution in [-0.2, 0) is 4.74 Å².